The zero-order valence-electron chi connectivity index (χ0n) is 17.6. The highest BCUT2D eigenvalue weighted by Crippen LogP contribution is 2.21. The SMILES string of the molecule is CCOC(=O)N1CCN(Cc2ccccc2OCC(O)CN2CCCCC2)CC1. The monoisotopic (exact) mass is 405 g/mol. The van der Waals surface area contributed by atoms with Crippen LogP contribution in [0.1, 0.15) is 31.7 Å². The van der Waals surface area contributed by atoms with Crippen LogP contribution in [0.4, 0.5) is 4.79 Å². The number of ether oxygens (including phenoxy) is 2. The Morgan fingerprint density at radius 1 is 1.03 bits per heavy atom. The highest BCUT2D eigenvalue weighted by Gasteiger charge is 2.22. The lowest BCUT2D eigenvalue weighted by atomic mass is 10.1. The molecule has 2 aliphatic rings. The lowest BCUT2D eigenvalue weighted by Gasteiger charge is -2.34. The number of benzene rings is 1. The molecule has 1 aromatic carbocycles. The molecule has 2 fully saturated rings. The molecule has 0 aromatic heterocycles. The normalized spacial score (nSPS) is 19.7. The Morgan fingerprint density at radius 2 is 1.76 bits per heavy atom. The number of likely N-dealkylation sites (tertiary alicyclic amines) is 1. The average molecular weight is 406 g/mol. The second-order valence-corrected chi connectivity index (χ2v) is 7.90. The van der Waals surface area contributed by atoms with Gasteiger partial charge in [0, 0.05) is 44.8 Å². The first kappa shape index (κ1) is 21.9. The van der Waals surface area contributed by atoms with Gasteiger partial charge in [-0.25, -0.2) is 4.79 Å². The van der Waals surface area contributed by atoms with Crippen LogP contribution in [0.2, 0.25) is 0 Å². The Kier molecular flexibility index (Phi) is 8.58. The summed E-state index contributed by atoms with van der Waals surface area (Å²) in [5.41, 5.74) is 1.11. The maximum Gasteiger partial charge on any atom is 0.409 e. The molecule has 1 aromatic rings. The molecule has 7 heteroatoms. The number of aliphatic hydroxyl groups excluding tert-OH is 1. The van der Waals surface area contributed by atoms with Crippen LogP contribution in [0.3, 0.4) is 0 Å². The summed E-state index contributed by atoms with van der Waals surface area (Å²) in [4.78, 5) is 18.3. The van der Waals surface area contributed by atoms with E-state index >= 15 is 0 Å². The fourth-order valence-corrected chi connectivity index (χ4v) is 4.00. The molecule has 0 radical (unpaired) electrons. The Hall–Kier alpha value is -1.83. The van der Waals surface area contributed by atoms with Crippen LogP contribution >= 0.6 is 0 Å². The van der Waals surface area contributed by atoms with Crippen molar-refractivity contribution in [1.82, 2.24) is 14.7 Å². The number of piperidine rings is 1. The summed E-state index contributed by atoms with van der Waals surface area (Å²) >= 11 is 0. The second-order valence-electron chi connectivity index (χ2n) is 7.90. The molecule has 3 rings (SSSR count). The van der Waals surface area contributed by atoms with Crippen molar-refractivity contribution in [2.45, 2.75) is 38.8 Å². The Labute approximate surface area is 174 Å². The first-order chi connectivity index (χ1) is 14.2. The van der Waals surface area contributed by atoms with Gasteiger partial charge in [-0.15, -0.1) is 0 Å². The fourth-order valence-electron chi connectivity index (χ4n) is 4.00. The molecule has 0 spiro atoms. The van der Waals surface area contributed by atoms with Gasteiger partial charge in [-0.2, -0.15) is 0 Å². The first-order valence-corrected chi connectivity index (χ1v) is 10.9. The van der Waals surface area contributed by atoms with Gasteiger partial charge < -0.3 is 24.4 Å². The van der Waals surface area contributed by atoms with Crippen molar-refractivity contribution in [1.29, 1.82) is 0 Å². The largest absolute Gasteiger partial charge is 0.491 e. The van der Waals surface area contributed by atoms with Crippen LogP contribution in [-0.4, -0.2) is 91.0 Å². The maximum atomic E-state index is 11.8. The second kappa shape index (κ2) is 11.4. The number of hydrogen-bond acceptors (Lipinski definition) is 6. The zero-order chi connectivity index (χ0) is 20.5. The number of hydrogen-bond donors (Lipinski definition) is 1. The van der Waals surface area contributed by atoms with Gasteiger partial charge >= 0.3 is 6.09 Å². The van der Waals surface area contributed by atoms with E-state index in [-0.39, 0.29) is 6.09 Å². The van der Waals surface area contributed by atoms with Crippen LogP contribution < -0.4 is 4.74 Å². The van der Waals surface area contributed by atoms with Crippen LogP contribution in [0.15, 0.2) is 24.3 Å². The molecule has 29 heavy (non-hydrogen) atoms. The van der Waals surface area contributed by atoms with Gasteiger partial charge in [-0.1, -0.05) is 24.6 Å². The number of nitrogens with zero attached hydrogens (tertiary/aromatic N) is 3. The molecule has 162 valence electrons. The van der Waals surface area contributed by atoms with Gasteiger partial charge in [0.25, 0.3) is 0 Å². The lowest BCUT2D eigenvalue weighted by Crippen LogP contribution is -2.48. The Balaban J connectivity index is 1.46. The molecule has 2 heterocycles. The van der Waals surface area contributed by atoms with Crippen molar-refractivity contribution in [3.05, 3.63) is 29.8 Å². The quantitative estimate of drug-likeness (QED) is 0.715. The van der Waals surface area contributed by atoms with Crippen molar-refractivity contribution in [2.24, 2.45) is 0 Å². The predicted octanol–water partition coefficient (Wildman–Crippen LogP) is 2.19. The molecule has 1 amide bonds. The summed E-state index contributed by atoms with van der Waals surface area (Å²) < 4.78 is 11.1. The van der Waals surface area contributed by atoms with E-state index in [9.17, 15) is 9.90 Å². The van der Waals surface area contributed by atoms with Crippen molar-refractivity contribution in [2.75, 3.05) is 59.0 Å². The molecular weight excluding hydrogens is 370 g/mol. The number of rotatable bonds is 8. The number of para-hydroxylation sites is 1. The molecule has 2 aliphatic heterocycles. The predicted molar refractivity (Wildman–Crippen MR) is 112 cm³/mol. The van der Waals surface area contributed by atoms with Crippen LogP contribution in [-0.2, 0) is 11.3 Å². The number of piperazine rings is 1. The summed E-state index contributed by atoms with van der Waals surface area (Å²) in [5.74, 6) is 0.831. The van der Waals surface area contributed by atoms with Gasteiger partial charge in [0.15, 0.2) is 0 Å². The Bertz CT molecular complexity index is 628. The van der Waals surface area contributed by atoms with Crippen molar-refractivity contribution in [3.8, 4) is 5.75 Å². The van der Waals surface area contributed by atoms with E-state index in [2.05, 4.69) is 15.9 Å². The maximum absolute atomic E-state index is 11.8. The minimum absolute atomic E-state index is 0.224. The zero-order valence-corrected chi connectivity index (χ0v) is 17.6. The third-order valence-electron chi connectivity index (χ3n) is 5.61. The molecule has 1 N–H and O–H groups in total. The number of amides is 1. The molecule has 1 unspecified atom stereocenters. The van der Waals surface area contributed by atoms with E-state index in [1.165, 1.54) is 19.3 Å². The molecule has 7 nitrogen and oxygen atoms in total. The summed E-state index contributed by atoms with van der Waals surface area (Å²) in [6, 6.07) is 8.03. The van der Waals surface area contributed by atoms with Crippen molar-refractivity contribution < 1.29 is 19.4 Å². The number of carbonyl (C=O) groups excluding carboxylic acids is 1. The highest BCUT2D eigenvalue weighted by molar-refractivity contribution is 5.67. The van der Waals surface area contributed by atoms with Crippen molar-refractivity contribution in [3.63, 3.8) is 0 Å². The number of carbonyl (C=O) groups is 1. The smallest absolute Gasteiger partial charge is 0.409 e. The summed E-state index contributed by atoms with van der Waals surface area (Å²) in [5, 5.41) is 10.4. The average Bonchev–Trinajstić information content (AvgIpc) is 2.74. The topological polar surface area (TPSA) is 65.5 Å². The number of β-amino-alcohol motifs (C(OH)–C–C–N with tert-alkyl or cyclic N) is 1. The molecule has 0 saturated carbocycles. The van der Waals surface area contributed by atoms with E-state index < -0.39 is 6.10 Å². The number of aliphatic hydroxyl groups is 1. The summed E-state index contributed by atoms with van der Waals surface area (Å²) in [6.45, 7) is 9.12. The van der Waals surface area contributed by atoms with E-state index in [1.807, 2.05) is 25.1 Å². The first-order valence-electron chi connectivity index (χ1n) is 10.9. The fraction of sp³-hybridized carbons (Fsp3) is 0.682. The minimum Gasteiger partial charge on any atom is -0.491 e. The minimum atomic E-state index is -0.478. The summed E-state index contributed by atoms with van der Waals surface area (Å²) in [7, 11) is 0. The highest BCUT2D eigenvalue weighted by atomic mass is 16.6. The van der Waals surface area contributed by atoms with E-state index in [1.54, 1.807) is 4.90 Å². The van der Waals surface area contributed by atoms with Gasteiger partial charge in [0.2, 0.25) is 0 Å². The van der Waals surface area contributed by atoms with Crippen LogP contribution in [0.5, 0.6) is 5.75 Å². The molecule has 0 bridgehead atoms. The third kappa shape index (κ3) is 6.87. The van der Waals surface area contributed by atoms with E-state index in [4.69, 9.17) is 9.47 Å². The van der Waals surface area contributed by atoms with Gasteiger partial charge in [0.1, 0.15) is 18.5 Å². The molecule has 1 atom stereocenters. The van der Waals surface area contributed by atoms with Crippen LogP contribution in [0.25, 0.3) is 0 Å². The molecular formula is C22H35N3O4. The van der Waals surface area contributed by atoms with E-state index in [0.717, 1.165) is 44.0 Å². The van der Waals surface area contributed by atoms with Crippen LogP contribution in [0, 0.1) is 0 Å². The Morgan fingerprint density at radius 3 is 2.48 bits per heavy atom. The van der Waals surface area contributed by atoms with Gasteiger partial charge in [-0.3, -0.25) is 4.90 Å². The summed E-state index contributed by atoms with van der Waals surface area (Å²) in [6.07, 6.45) is 3.04. The van der Waals surface area contributed by atoms with Gasteiger partial charge in [-0.05, 0) is 38.9 Å². The lowest BCUT2D eigenvalue weighted by molar-refractivity contribution is 0.0605. The molecule has 0 aliphatic carbocycles. The van der Waals surface area contributed by atoms with Crippen molar-refractivity contribution >= 4 is 6.09 Å². The standard InChI is InChI=1S/C22H35N3O4/c1-2-28-22(27)25-14-12-24(13-15-25)16-19-8-4-5-9-21(19)29-18-20(26)17-23-10-6-3-7-11-23/h4-5,8-9,20,26H,2-3,6-7,10-18H2,1H3. The molecule has 2 saturated heterocycles. The van der Waals surface area contributed by atoms with Gasteiger partial charge in [0.05, 0.1) is 6.61 Å². The van der Waals surface area contributed by atoms with E-state index in [0.29, 0.717) is 32.8 Å². The third-order valence-corrected chi connectivity index (χ3v) is 5.61.